The van der Waals surface area contributed by atoms with Gasteiger partial charge in [0.15, 0.2) is 11.5 Å². The first-order valence-corrected chi connectivity index (χ1v) is 9.69. The van der Waals surface area contributed by atoms with E-state index in [1.165, 1.54) is 18.2 Å². The first kappa shape index (κ1) is 21.1. The Morgan fingerprint density at radius 2 is 1.91 bits per heavy atom. The van der Waals surface area contributed by atoms with E-state index in [1.807, 2.05) is 6.92 Å². The van der Waals surface area contributed by atoms with E-state index in [4.69, 9.17) is 11.5 Å². The molecule has 11 heteroatoms. The summed E-state index contributed by atoms with van der Waals surface area (Å²) < 4.78 is 27.7. The Morgan fingerprint density at radius 1 is 1.12 bits per heavy atom. The van der Waals surface area contributed by atoms with Crippen LogP contribution >= 0.6 is 0 Å². The summed E-state index contributed by atoms with van der Waals surface area (Å²) >= 11 is 0. The summed E-state index contributed by atoms with van der Waals surface area (Å²) in [6, 6.07) is 8.01. The quantitative estimate of drug-likeness (QED) is 0.534. The third-order valence-corrected chi connectivity index (χ3v) is 5.13. The van der Waals surface area contributed by atoms with Gasteiger partial charge in [-0.1, -0.05) is 12.1 Å². The van der Waals surface area contributed by atoms with E-state index in [-0.39, 0.29) is 35.6 Å². The molecule has 1 aliphatic rings. The third kappa shape index (κ3) is 3.92. The van der Waals surface area contributed by atoms with Crippen LogP contribution in [0.2, 0.25) is 0 Å². The van der Waals surface area contributed by atoms with Crippen LogP contribution in [0.3, 0.4) is 0 Å². The number of halogens is 2. The molecule has 9 nitrogen and oxygen atoms in total. The lowest BCUT2D eigenvalue weighted by Crippen LogP contribution is -2.28. The number of nitrogens with two attached hydrogens (primary N) is 2. The summed E-state index contributed by atoms with van der Waals surface area (Å²) in [4.78, 5) is 29.6. The minimum atomic E-state index is -0.852. The molecule has 164 valence electrons. The summed E-state index contributed by atoms with van der Waals surface area (Å²) in [7, 11) is 0. The van der Waals surface area contributed by atoms with E-state index in [2.05, 4.69) is 20.5 Å². The van der Waals surface area contributed by atoms with Crippen molar-refractivity contribution in [1.29, 1.82) is 0 Å². The average Bonchev–Trinajstić information content (AvgIpc) is 3.06. The summed E-state index contributed by atoms with van der Waals surface area (Å²) in [5.41, 5.74) is 12.3. The standard InChI is InChI=1S/C21H19F2N7O2/c1-10-5-14-15(18(24)31)7-13(23)8-16(14)30(10)21-27-20(17(19(25)32)28-29-21)26-9-11-3-2-4-12(22)6-11/h2-4,6-8,10H,5,9H2,1H3,(H2,24,31)(H2,25,32)(H,26,27,29). The Kier molecular flexibility index (Phi) is 5.39. The summed E-state index contributed by atoms with van der Waals surface area (Å²) in [6.45, 7) is 1.98. The number of nitrogens with one attached hydrogen (secondary N) is 1. The van der Waals surface area contributed by atoms with Crippen LogP contribution < -0.4 is 21.7 Å². The normalized spacial score (nSPS) is 14.8. The van der Waals surface area contributed by atoms with Crippen LogP contribution in [-0.4, -0.2) is 33.0 Å². The number of rotatable bonds is 6. The van der Waals surface area contributed by atoms with Crippen molar-refractivity contribution in [3.05, 3.63) is 70.4 Å². The molecule has 2 aromatic carbocycles. The van der Waals surface area contributed by atoms with Crippen molar-refractivity contribution in [1.82, 2.24) is 15.2 Å². The van der Waals surface area contributed by atoms with Gasteiger partial charge >= 0.3 is 0 Å². The fourth-order valence-corrected chi connectivity index (χ4v) is 3.74. The number of hydrogen-bond acceptors (Lipinski definition) is 7. The number of amides is 2. The molecular weight excluding hydrogens is 420 g/mol. The first-order chi connectivity index (χ1) is 15.2. The highest BCUT2D eigenvalue weighted by molar-refractivity contribution is 5.97. The van der Waals surface area contributed by atoms with Gasteiger partial charge in [0.25, 0.3) is 11.9 Å². The molecule has 0 radical (unpaired) electrons. The van der Waals surface area contributed by atoms with Crippen LogP contribution in [0.1, 0.15) is 38.9 Å². The van der Waals surface area contributed by atoms with Gasteiger partial charge in [-0.3, -0.25) is 9.59 Å². The predicted molar refractivity (Wildman–Crippen MR) is 112 cm³/mol. The van der Waals surface area contributed by atoms with Crippen molar-refractivity contribution in [2.24, 2.45) is 11.5 Å². The second-order valence-corrected chi connectivity index (χ2v) is 7.40. The zero-order valence-corrected chi connectivity index (χ0v) is 17.0. The van der Waals surface area contributed by atoms with Crippen LogP contribution in [0.4, 0.5) is 26.2 Å². The Hall–Kier alpha value is -4.15. The second-order valence-electron chi connectivity index (χ2n) is 7.40. The molecule has 0 spiro atoms. The van der Waals surface area contributed by atoms with Gasteiger partial charge in [-0.05, 0) is 48.7 Å². The van der Waals surface area contributed by atoms with Gasteiger partial charge in [0.1, 0.15) is 11.6 Å². The second kappa shape index (κ2) is 8.17. The van der Waals surface area contributed by atoms with Gasteiger partial charge in [0.05, 0.1) is 5.69 Å². The molecule has 1 atom stereocenters. The summed E-state index contributed by atoms with van der Waals surface area (Å²) in [6.07, 6.45) is 0.404. The maximum atomic E-state index is 14.2. The highest BCUT2D eigenvalue weighted by Crippen LogP contribution is 2.39. The van der Waals surface area contributed by atoms with Gasteiger partial charge in [-0.25, -0.2) is 8.78 Å². The van der Waals surface area contributed by atoms with Gasteiger partial charge in [0.2, 0.25) is 5.91 Å². The molecule has 3 aromatic rings. The van der Waals surface area contributed by atoms with E-state index in [1.54, 1.807) is 17.0 Å². The van der Waals surface area contributed by atoms with Gasteiger partial charge in [-0.2, -0.15) is 4.98 Å². The SMILES string of the molecule is CC1Cc2c(C(N)=O)cc(F)cc2N1c1nnc(C(N)=O)c(NCc2cccc(F)c2)n1. The Labute approximate surface area is 181 Å². The van der Waals surface area contributed by atoms with Crippen molar-refractivity contribution in [2.75, 3.05) is 10.2 Å². The molecule has 0 bridgehead atoms. The lowest BCUT2D eigenvalue weighted by Gasteiger charge is -2.23. The molecule has 1 aliphatic heterocycles. The van der Waals surface area contributed by atoms with E-state index in [0.717, 1.165) is 6.07 Å². The molecule has 0 saturated carbocycles. The number of carbonyl (C=O) groups excluding carboxylic acids is 2. The van der Waals surface area contributed by atoms with E-state index >= 15 is 0 Å². The topological polar surface area (TPSA) is 140 Å². The van der Waals surface area contributed by atoms with Crippen LogP contribution in [-0.2, 0) is 13.0 Å². The number of carbonyl (C=O) groups is 2. The molecule has 1 unspecified atom stereocenters. The van der Waals surface area contributed by atoms with Crippen molar-refractivity contribution >= 4 is 29.3 Å². The molecule has 2 heterocycles. The number of anilines is 3. The minimum absolute atomic E-state index is 0.0407. The highest BCUT2D eigenvalue weighted by Gasteiger charge is 2.33. The van der Waals surface area contributed by atoms with Gasteiger partial charge < -0.3 is 21.7 Å². The largest absolute Gasteiger partial charge is 0.366 e. The number of aromatic nitrogens is 3. The molecule has 1 aromatic heterocycles. The number of hydrogen-bond donors (Lipinski definition) is 3. The number of benzene rings is 2. The highest BCUT2D eigenvalue weighted by atomic mass is 19.1. The smallest absolute Gasteiger partial charge is 0.273 e. The number of primary amides is 2. The number of fused-ring (bicyclic) bond motifs is 1. The van der Waals surface area contributed by atoms with Crippen LogP contribution in [0.25, 0.3) is 0 Å². The van der Waals surface area contributed by atoms with Gasteiger partial charge in [-0.15, -0.1) is 10.2 Å². The van der Waals surface area contributed by atoms with E-state index in [9.17, 15) is 18.4 Å². The molecule has 32 heavy (non-hydrogen) atoms. The summed E-state index contributed by atoms with van der Waals surface area (Å²) in [5.74, 6) is -2.52. The van der Waals surface area contributed by atoms with Crippen LogP contribution in [0.15, 0.2) is 36.4 Å². The Balaban J connectivity index is 1.73. The fourth-order valence-electron chi connectivity index (χ4n) is 3.74. The number of nitrogens with zero attached hydrogens (tertiary/aromatic N) is 4. The molecule has 0 fully saturated rings. The van der Waals surface area contributed by atoms with Crippen molar-refractivity contribution in [3.63, 3.8) is 0 Å². The third-order valence-electron chi connectivity index (χ3n) is 5.13. The molecule has 5 N–H and O–H groups in total. The molecule has 0 aliphatic carbocycles. The zero-order chi connectivity index (χ0) is 23.0. The lowest BCUT2D eigenvalue weighted by atomic mass is 10.0. The fraction of sp³-hybridized carbons (Fsp3) is 0.190. The first-order valence-electron chi connectivity index (χ1n) is 9.69. The molecule has 4 rings (SSSR count). The van der Waals surface area contributed by atoms with Crippen LogP contribution in [0.5, 0.6) is 0 Å². The monoisotopic (exact) mass is 439 g/mol. The molecule has 0 saturated heterocycles. The van der Waals surface area contributed by atoms with Crippen molar-refractivity contribution in [3.8, 4) is 0 Å². The van der Waals surface area contributed by atoms with Crippen LogP contribution in [0, 0.1) is 11.6 Å². The maximum absolute atomic E-state index is 14.2. The van der Waals surface area contributed by atoms with Gasteiger partial charge in [0, 0.05) is 18.2 Å². The minimum Gasteiger partial charge on any atom is -0.366 e. The zero-order valence-electron chi connectivity index (χ0n) is 17.0. The average molecular weight is 439 g/mol. The molecular formula is C21H19F2N7O2. The van der Waals surface area contributed by atoms with Crippen molar-refractivity contribution in [2.45, 2.75) is 25.9 Å². The van der Waals surface area contributed by atoms with E-state index < -0.39 is 23.4 Å². The maximum Gasteiger partial charge on any atom is 0.273 e. The van der Waals surface area contributed by atoms with Crippen molar-refractivity contribution < 1.29 is 18.4 Å². The molecule has 2 amide bonds. The van der Waals surface area contributed by atoms with E-state index in [0.29, 0.717) is 23.2 Å². The lowest BCUT2D eigenvalue weighted by molar-refractivity contribution is 0.0988. The predicted octanol–water partition coefficient (Wildman–Crippen LogP) is 2.04. The Morgan fingerprint density at radius 3 is 2.59 bits per heavy atom. The summed E-state index contributed by atoms with van der Waals surface area (Å²) in [5, 5.41) is 10.8. The Bertz CT molecular complexity index is 1230.